The predicted octanol–water partition coefficient (Wildman–Crippen LogP) is 3.45. The molecule has 0 saturated carbocycles. The molecule has 2 amide bonds. The van der Waals surface area contributed by atoms with Gasteiger partial charge in [0.05, 0.1) is 29.5 Å². The van der Waals surface area contributed by atoms with E-state index in [9.17, 15) is 19.7 Å². The summed E-state index contributed by atoms with van der Waals surface area (Å²) in [5.74, 6) is -0.0296. The van der Waals surface area contributed by atoms with E-state index in [4.69, 9.17) is 4.74 Å². The highest BCUT2D eigenvalue weighted by molar-refractivity contribution is 6.06. The Hall–Kier alpha value is -3.42. The third-order valence-corrected chi connectivity index (χ3v) is 3.20. The number of ether oxygens (including phenoxy) is 1. The highest BCUT2D eigenvalue weighted by Gasteiger charge is 2.14. The van der Waals surface area contributed by atoms with Gasteiger partial charge in [0, 0.05) is 11.6 Å². The zero-order valence-electron chi connectivity index (χ0n) is 13.0. The number of non-ortho nitro benzene ring substituents is 1. The minimum absolute atomic E-state index is 0.152. The van der Waals surface area contributed by atoms with Gasteiger partial charge in [-0.3, -0.25) is 14.9 Å². The fraction of sp³-hybridized carbons (Fsp3) is 0.125. The Morgan fingerprint density at radius 1 is 1.08 bits per heavy atom. The standard InChI is InChI=1S/C16H15N3O5/c1-10(20)12-5-3-4-6-13(12)17-16(21)18-14-8-7-11(19(22)23)9-15(14)24-2/h3-9H,1-2H3,(H2,17,18,21). The van der Waals surface area contributed by atoms with Crippen LogP contribution < -0.4 is 15.4 Å². The Kier molecular flexibility index (Phi) is 5.10. The molecule has 0 aliphatic carbocycles. The number of Topliss-reactive ketones (excluding diaryl/α,β-unsaturated/α-hetero) is 1. The molecule has 0 unspecified atom stereocenters. The Morgan fingerprint density at radius 3 is 2.38 bits per heavy atom. The molecule has 2 aromatic carbocycles. The van der Waals surface area contributed by atoms with E-state index in [-0.39, 0.29) is 22.9 Å². The number of urea groups is 1. The number of rotatable bonds is 5. The van der Waals surface area contributed by atoms with Crippen LogP contribution in [0.15, 0.2) is 42.5 Å². The zero-order valence-corrected chi connectivity index (χ0v) is 13.0. The van der Waals surface area contributed by atoms with Crippen molar-refractivity contribution in [1.29, 1.82) is 0 Å². The van der Waals surface area contributed by atoms with Gasteiger partial charge in [0.25, 0.3) is 5.69 Å². The van der Waals surface area contributed by atoms with Crippen molar-refractivity contribution in [3.63, 3.8) is 0 Å². The molecule has 2 rings (SSSR count). The molecule has 8 nitrogen and oxygen atoms in total. The van der Waals surface area contributed by atoms with Crippen LogP contribution in [-0.4, -0.2) is 23.8 Å². The van der Waals surface area contributed by atoms with Crippen molar-refractivity contribution in [2.45, 2.75) is 6.92 Å². The second-order valence-electron chi connectivity index (χ2n) is 4.82. The molecule has 0 heterocycles. The van der Waals surface area contributed by atoms with Gasteiger partial charge in [-0.1, -0.05) is 12.1 Å². The number of anilines is 2. The summed E-state index contributed by atoms with van der Waals surface area (Å²) in [4.78, 5) is 33.9. The smallest absolute Gasteiger partial charge is 0.323 e. The number of nitrogens with zero attached hydrogens (tertiary/aromatic N) is 1. The van der Waals surface area contributed by atoms with E-state index >= 15 is 0 Å². The lowest BCUT2D eigenvalue weighted by Gasteiger charge is -2.12. The quantitative estimate of drug-likeness (QED) is 0.496. The molecule has 0 aliphatic rings. The van der Waals surface area contributed by atoms with Gasteiger partial charge in [0.1, 0.15) is 5.75 Å². The van der Waals surface area contributed by atoms with Crippen LogP contribution in [0.25, 0.3) is 0 Å². The molecule has 2 N–H and O–H groups in total. The van der Waals surface area contributed by atoms with E-state index in [2.05, 4.69) is 10.6 Å². The number of carbonyl (C=O) groups excluding carboxylic acids is 2. The largest absolute Gasteiger partial charge is 0.494 e. The number of nitro groups is 1. The summed E-state index contributed by atoms with van der Waals surface area (Å²) in [7, 11) is 1.34. The van der Waals surface area contributed by atoms with E-state index < -0.39 is 11.0 Å². The minimum Gasteiger partial charge on any atom is -0.494 e. The van der Waals surface area contributed by atoms with Crippen molar-refractivity contribution >= 4 is 28.9 Å². The Balaban J connectivity index is 2.19. The maximum atomic E-state index is 12.1. The first-order valence-corrected chi connectivity index (χ1v) is 6.92. The maximum absolute atomic E-state index is 12.1. The lowest BCUT2D eigenvalue weighted by molar-refractivity contribution is -0.384. The average Bonchev–Trinajstić information content (AvgIpc) is 2.55. The molecule has 24 heavy (non-hydrogen) atoms. The highest BCUT2D eigenvalue weighted by atomic mass is 16.6. The second kappa shape index (κ2) is 7.23. The van der Waals surface area contributed by atoms with E-state index in [0.717, 1.165) is 0 Å². The van der Waals surface area contributed by atoms with E-state index in [1.807, 2.05) is 0 Å². The van der Waals surface area contributed by atoms with Gasteiger partial charge in [0.15, 0.2) is 5.78 Å². The third kappa shape index (κ3) is 3.86. The topological polar surface area (TPSA) is 111 Å². The first kappa shape index (κ1) is 16.9. The minimum atomic E-state index is -0.601. The molecule has 0 fully saturated rings. The van der Waals surface area contributed by atoms with E-state index in [1.165, 1.54) is 32.2 Å². The van der Waals surface area contributed by atoms with Gasteiger partial charge in [-0.05, 0) is 25.1 Å². The number of nitrogens with one attached hydrogen (secondary N) is 2. The fourth-order valence-electron chi connectivity index (χ4n) is 2.07. The Morgan fingerprint density at radius 2 is 1.75 bits per heavy atom. The van der Waals surface area contributed by atoms with Crippen LogP contribution in [-0.2, 0) is 0 Å². The van der Waals surface area contributed by atoms with Crippen LogP contribution in [0, 0.1) is 10.1 Å². The van der Waals surface area contributed by atoms with Gasteiger partial charge in [-0.2, -0.15) is 0 Å². The number of ketones is 1. The summed E-state index contributed by atoms with van der Waals surface area (Å²) in [6.07, 6.45) is 0. The van der Waals surface area contributed by atoms with Gasteiger partial charge < -0.3 is 15.4 Å². The number of amides is 2. The van der Waals surface area contributed by atoms with Crippen molar-refractivity contribution < 1.29 is 19.2 Å². The predicted molar refractivity (Wildman–Crippen MR) is 88.7 cm³/mol. The molecule has 124 valence electrons. The molecule has 0 radical (unpaired) electrons. The summed E-state index contributed by atoms with van der Waals surface area (Å²) >= 11 is 0. The highest BCUT2D eigenvalue weighted by Crippen LogP contribution is 2.29. The number of methoxy groups -OCH3 is 1. The molecular weight excluding hydrogens is 314 g/mol. The van der Waals surface area contributed by atoms with Gasteiger partial charge in [-0.15, -0.1) is 0 Å². The normalized spacial score (nSPS) is 9.92. The number of carbonyl (C=O) groups is 2. The summed E-state index contributed by atoms with van der Waals surface area (Å²) in [6.45, 7) is 1.40. The molecule has 0 bridgehead atoms. The molecule has 8 heteroatoms. The number of hydrogen-bond acceptors (Lipinski definition) is 5. The van der Waals surface area contributed by atoms with Crippen LogP contribution in [0.3, 0.4) is 0 Å². The summed E-state index contributed by atoms with van der Waals surface area (Å²) in [5, 5.41) is 15.9. The van der Waals surface area contributed by atoms with Crippen LogP contribution in [0.2, 0.25) is 0 Å². The number of nitro benzene ring substituents is 1. The monoisotopic (exact) mass is 329 g/mol. The van der Waals surface area contributed by atoms with Crippen LogP contribution in [0.1, 0.15) is 17.3 Å². The summed E-state index contributed by atoms with van der Waals surface area (Å²) in [6, 6.07) is 9.81. The van der Waals surface area contributed by atoms with E-state index in [0.29, 0.717) is 11.3 Å². The van der Waals surface area contributed by atoms with Crippen molar-refractivity contribution in [3.8, 4) is 5.75 Å². The number of para-hydroxylation sites is 1. The van der Waals surface area contributed by atoms with Crippen molar-refractivity contribution in [3.05, 3.63) is 58.1 Å². The average molecular weight is 329 g/mol. The number of hydrogen-bond donors (Lipinski definition) is 2. The fourth-order valence-corrected chi connectivity index (χ4v) is 2.07. The Bertz CT molecular complexity index is 804. The lowest BCUT2D eigenvalue weighted by Crippen LogP contribution is -2.21. The molecule has 0 aromatic heterocycles. The molecule has 0 spiro atoms. The maximum Gasteiger partial charge on any atom is 0.323 e. The first-order valence-electron chi connectivity index (χ1n) is 6.92. The van der Waals surface area contributed by atoms with Crippen LogP contribution in [0.5, 0.6) is 5.75 Å². The second-order valence-corrected chi connectivity index (χ2v) is 4.82. The first-order chi connectivity index (χ1) is 11.4. The van der Waals surface area contributed by atoms with Crippen molar-refractivity contribution in [2.24, 2.45) is 0 Å². The van der Waals surface area contributed by atoms with Gasteiger partial charge in [-0.25, -0.2) is 4.79 Å². The third-order valence-electron chi connectivity index (χ3n) is 3.20. The van der Waals surface area contributed by atoms with Crippen LogP contribution >= 0.6 is 0 Å². The lowest BCUT2D eigenvalue weighted by atomic mass is 10.1. The Labute approximate surface area is 137 Å². The van der Waals surface area contributed by atoms with Crippen molar-refractivity contribution in [1.82, 2.24) is 0 Å². The number of benzene rings is 2. The SMILES string of the molecule is COc1cc([N+](=O)[O-])ccc1NC(=O)Nc1ccccc1C(C)=O. The summed E-state index contributed by atoms with van der Waals surface area (Å²) < 4.78 is 5.05. The molecular formula is C16H15N3O5. The molecule has 2 aromatic rings. The summed E-state index contributed by atoms with van der Waals surface area (Å²) in [5.41, 5.74) is 0.854. The molecule has 0 saturated heterocycles. The molecule has 0 aliphatic heterocycles. The van der Waals surface area contributed by atoms with Crippen molar-refractivity contribution in [2.75, 3.05) is 17.7 Å². The van der Waals surface area contributed by atoms with Gasteiger partial charge >= 0.3 is 6.03 Å². The molecule has 0 atom stereocenters. The van der Waals surface area contributed by atoms with Crippen LogP contribution in [0.4, 0.5) is 21.9 Å². The zero-order chi connectivity index (χ0) is 17.7. The van der Waals surface area contributed by atoms with Gasteiger partial charge in [0.2, 0.25) is 0 Å². The van der Waals surface area contributed by atoms with E-state index in [1.54, 1.807) is 24.3 Å².